The van der Waals surface area contributed by atoms with Gasteiger partial charge < -0.3 is 4.74 Å². The van der Waals surface area contributed by atoms with Crippen LogP contribution in [0.3, 0.4) is 0 Å². The SMILES string of the molecule is COc1ccc(C(Cc2ccncc2)c2ccccc2)cc1C=C1CCCCC1. The summed E-state index contributed by atoms with van der Waals surface area (Å²) in [6, 6.07) is 21.7. The standard InChI is InChI=1S/C27H29NO/c1-29-27-13-12-24(20-25(27)18-21-8-4-2-5-9-21)26(23-10-6-3-7-11-23)19-22-14-16-28-17-15-22/h3,6-7,10-18,20,26H,2,4-5,8-9,19H2,1H3. The number of allylic oxidation sites excluding steroid dienone is 1. The topological polar surface area (TPSA) is 22.1 Å². The number of methoxy groups -OCH3 is 1. The smallest absolute Gasteiger partial charge is 0.126 e. The Labute approximate surface area is 174 Å². The van der Waals surface area contributed by atoms with Gasteiger partial charge in [-0.1, -0.05) is 54.5 Å². The van der Waals surface area contributed by atoms with E-state index in [-0.39, 0.29) is 0 Å². The van der Waals surface area contributed by atoms with Crippen molar-refractivity contribution in [3.63, 3.8) is 0 Å². The molecule has 1 saturated carbocycles. The Balaban J connectivity index is 1.72. The minimum absolute atomic E-state index is 0.299. The molecule has 1 aromatic heterocycles. The van der Waals surface area contributed by atoms with Crippen LogP contribution in [0.2, 0.25) is 0 Å². The number of benzene rings is 2. The van der Waals surface area contributed by atoms with Crippen LogP contribution in [0, 0.1) is 0 Å². The van der Waals surface area contributed by atoms with Crippen LogP contribution in [0.25, 0.3) is 6.08 Å². The molecule has 148 valence electrons. The Hall–Kier alpha value is -2.87. The van der Waals surface area contributed by atoms with Crippen LogP contribution >= 0.6 is 0 Å². The first kappa shape index (κ1) is 19.4. The average Bonchev–Trinajstić information content (AvgIpc) is 2.79. The van der Waals surface area contributed by atoms with Crippen LogP contribution in [-0.4, -0.2) is 12.1 Å². The van der Waals surface area contributed by atoms with Gasteiger partial charge in [-0.15, -0.1) is 0 Å². The Bertz CT molecular complexity index is 939. The van der Waals surface area contributed by atoms with E-state index in [0.29, 0.717) is 5.92 Å². The molecule has 2 heteroatoms. The zero-order valence-corrected chi connectivity index (χ0v) is 17.2. The molecule has 1 heterocycles. The van der Waals surface area contributed by atoms with Crippen molar-refractivity contribution in [3.8, 4) is 5.75 Å². The van der Waals surface area contributed by atoms with Gasteiger partial charge in [0.15, 0.2) is 0 Å². The van der Waals surface area contributed by atoms with Crippen molar-refractivity contribution in [3.05, 3.63) is 101 Å². The van der Waals surface area contributed by atoms with Gasteiger partial charge in [0.25, 0.3) is 0 Å². The molecule has 29 heavy (non-hydrogen) atoms. The van der Waals surface area contributed by atoms with Gasteiger partial charge in [0.05, 0.1) is 7.11 Å². The maximum absolute atomic E-state index is 5.69. The summed E-state index contributed by atoms with van der Waals surface area (Å²) in [6.07, 6.45) is 13.5. The first-order chi connectivity index (χ1) is 14.3. The predicted octanol–water partition coefficient (Wildman–Crippen LogP) is 6.81. The zero-order valence-electron chi connectivity index (χ0n) is 17.2. The summed E-state index contributed by atoms with van der Waals surface area (Å²) >= 11 is 0. The van der Waals surface area contributed by atoms with E-state index in [1.807, 2.05) is 12.4 Å². The first-order valence-corrected chi connectivity index (χ1v) is 10.6. The molecule has 2 aromatic carbocycles. The molecule has 0 spiro atoms. The number of rotatable bonds is 6. The van der Waals surface area contributed by atoms with E-state index in [1.165, 1.54) is 54.4 Å². The van der Waals surface area contributed by atoms with Gasteiger partial charge in [0, 0.05) is 23.9 Å². The van der Waals surface area contributed by atoms with Gasteiger partial charge in [0.2, 0.25) is 0 Å². The fourth-order valence-corrected chi connectivity index (χ4v) is 4.32. The lowest BCUT2D eigenvalue weighted by atomic mass is 9.85. The number of ether oxygens (including phenoxy) is 1. The molecular weight excluding hydrogens is 354 g/mol. The van der Waals surface area contributed by atoms with E-state index in [9.17, 15) is 0 Å². The van der Waals surface area contributed by atoms with Crippen LogP contribution in [0.15, 0.2) is 78.6 Å². The van der Waals surface area contributed by atoms with E-state index in [2.05, 4.69) is 71.7 Å². The van der Waals surface area contributed by atoms with Crippen molar-refractivity contribution in [2.75, 3.05) is 7.11 Å². The largest absolute Gasteiger partial charge is 0.496 e. The molecule has 1 atom stereocenters. The highest BCUT2D eigenvalue weighted by atomic mass is 16.5. The fraction of sp³-hybridized carbons (Fsp3) is 0.296. The minimum Gasteiger partial charge on any atom is -0.496 e. The molecule has 0 N–H and O–H groups in total. The predicted molar refractivity (Wildman–Crippen MR) is 120 cm³/mol. The highest BCUT2D eigenvalue weighted by Crippen LogP contribution is 2.34. The highest BCUT2D eigenvalue weighted by Gasteiger charge is 2.17. The van der Waals surface area contributed by atoms with Crippen molar-refractivity contribution < 1.29 is 4.74 Å². The third kappa shape index (κ3) is 4.95. The van der Waals surface area contributed by atoms with Gasteiger partial charge in [-0.2, -0.15) is 0 Å². The van der Waals surface area contributed by atoms with Gasteiger partial charge in [0.1, 0.15) is 5.75 Å². The Morgan fingerprint density at radius 1 is 0.897 bits per heavy atom. The lowest BCUT2D eigenvalue weighted by Crippen LogP contribution is -2.06. The summed E-state index contributed by atoms with van der Waals surface area (Å²) in [5.41, 5.74) is 6.73. The summed E-state index contributed by atoms with van der Waals surface area (Å²) in [4.78, 5) is 4.18. The van der Waals surface area contributed by atoms with Crippen molar-refractivity contribution in [2.45, 2.75) is 44.4 Å². The molecule has 0 aliphatic heterocycles. The van der Waals surface area contributed by atoms with Crippen molar-refractivity contribution in [2.24, 2.45) is 0 Å². The second-order valence-corrected chi connectivity index (χ2v) is 7.89. The summed E-state index contributed by atoms with van der Waals surface area (Å²) in [6.45, 7) is 0. The van der Waals surface area contributed by atoms with Crippen LogP contribution in [0.5, 0.6) is 5.75 Å². The molecule has 0 bridgehead atoms. The summed E-state index contributed by atoms with van der Waals surface area (Å²) in [5, 5.41) is 0. The number of hydrogen-bond donors (Lipinski definition) is 0. The lowest BCUT2D eigenvalue weighted by Gasteiger charge is -2.20. The van der Waals surface area contributed by atoms with Crippen LogP contribution in [-0.2, 0) is 6.42 Å². The molecule has 4 rings (SSSR count). The number of hydrogen-bond acceptors (Lipinski definition) is 2. The molecule has 1 aliphatic rings. The molecule has 1 aliphatic carbocycles. The van der Waals surface area contributed by atoms with E-state index < -0.39 is 0 Å². The van der Waals surface area contributed by atoms with Gasteiger partial charge in [-0.25, -0.2) is 0 Å². The molecule has 3 aromatic rings. The third-order valence-electron chi connectivity index (χ3n) is 5.90. The highest BCUT2D eigenvalue weighted by molar-refractivity contribution is 5.62. The zero-order chi connectivity index (χ0) is 19.9. The van der Waals surface area contributed by atoms with Crippen molar-refractivity contribution >= 4 is 6.08 Å². The Kier molecular flexibility index (Phi) is 6.41. The van der Waals surface area contributed by atoms with Crippen LogP contribution in [0.4, 0.5) is 0 Å². The van der Waals surface area contributed by atoms with E-state index in [1.54, 1.807) is 12.7 Å². The number of nitrogens with zero attached hydrogens (tertiary/aromatic N) is 1. The second kappa shape index (κ2) is 9.56. The van der Waals surface area contributed by atoms with Crippen molar-refractivity contribution in [1.29, 1.82) is 0 Å². The monoisotopic (exact) mass is 383 g/mol. The molecule has 1 fully saturated rings. The lowest BCUT2D eigenvalue weighted by molar-refractivity contribution is 0.413. The molecule has 0 radical (unpaired) electrons. The maximum atomic E-state index is 5.69. The van der Waals surface area contributed by atoms with Gasteiger partial charge >= 0.3 is 0 Å². The quantitative estimate of drug-likeness (QED) is 0.466. The Morgan fingerprint density at radius 2 is 1.66 bits per heavy atom. The van der Waals surface area contributed by atoms with E-state index in [4.69, 9.17) is 4.74 Å². The van der Waals surface area contributed by atoms with E-state index in [0.717, 1.165) is 12.2 Å². The molecule has 0 saturated heterocycles. The first-order valence-electron chi connectivity index (χ1n) is 10.6. The Morgan fingerprint density at radius 3 is 2.38 bits per heavy atom. The molecule has 1 unspecified atom stereocenters. The summed E-state index contributed by atoms with van der Waals surface area (Å²) in [5.74, 6) is 1.26. The van der Waals surface area contributed by atoms with Gasteiger partial charge in [-0.3, -0.25) is 4.98 Å². The molecule has 2 nitrogen and oxygen atoms in total. The summed E-state index contributed by atoms with van der Waals surface area (Å²) in [7, 11) is 1.77. The second-order valence-electron chi connectivity index (χ2n) is 7.89. The minimum atomic E-state index is 0.299. The third-order valence-corrected chi connectivity index (χ3v) is 5.90. The van der Waals surface area contributed by atoms with Crippen LogP contribution in [0.1, 0.15) is 60.3 Å². The van der Waals surface area contributed by atoms with Gasteiger partial charge in [-0.05, 0) is 73.1 Å². The summed E-state index contributed by atoms with van der Waals surface area (Å²) < 4.78 is 5.69. The molecule has 0 amide bonds. The maximum Gasteiger partial charge on any atom is 0.126 e. The normalized spacial score (nSPS) is 15.0. The average molecular weight is 384 g/mol. The van der Waals surface area contributed by atoms with Crippen LogP contribution < -0.4 is 4.74 Å². The fourth-order valence-electron chi connectivity index (χ4n) is 4.32. The van der Waals surface area contributed by atoms with E-state index >= 15 is 0 Å². The molecular formula is C27H29NO. The van der Waals surface area contributed by atoms with Crippen molar-refractivity contribution in [1.82, 2.24) is 4.98 Å². The number of pyridine rings is 1. The number of aromatic nitrogens is 1.